The van der Waals surface area contributed by atoms with Crippen molar-refractivity contribution < 1.29 is 9.53 Å². The fourth-order valence-electron chi connectivity index (χ4n) is 2.67. The molecule has 1 N–H and O–H groups in total. The van der Waals surface area contributed by atoms with Gasteiger partial charge in [0.1, 0.15) is 5.75 Å². The van der Waals surface area contributed by atoms with Gasteiger partial charge < -0.3 is 19.9 Å². The lowest BCUT2D eigenvalue weighted by Gasteiger charge is -2.36. The van der Waals surface area contributed by atoms with Crippen LogP contribution in [-0.2, 0) is 11.3 Å². The van der Waals surface area contributed by atoms with Gasteiger partial charge in [0.25, 0.3) is 0 Å². The fourth-order valence-corrected chi connectivity index (χ4v) is 2.83. The minimum Gasteiger partial charge on any atom is -0.496 e. The molecule has 0 aromatic heterocycles. The Balaban J connectivity index is 0.00000312. The molecule has 1 fully saturated rings. The van der Waals surface area contributed by atoms with Gasteiger partial charge in [-0.25, -0.2) is 4.99 Å². The number of rotatable bonds is 4. The lowest BCUT2D eigenvalue weighted by Crippen LogP contribution is -2.53. The van der Waals surface area contributed by atoms with Gasteiger partial charge in [0.05, 0.1) is 13.7 Å². The predicted octanol–water partition coefficient (Wildman–Crippen LogP) is 2.60. The number of amides is 1. The van der Waals surface area contributed by atoms with E-state index in [2.05, 4.69) is 10.2 Å². The molecule has 0 aliphatic carbocycles. The highest BCUT2D eigenvalue weighted by atomic mass is 127. The number of aliphatic imine (C=N–C) groups is 1. The lowest BCUT2D eigenvalue weighted by molar-refractivity contribution is -0.130. The summed E-state index contributed by atoms with van der Waals surface area (Å²) in [5.74, 6) is 1.73. The van der Waals surface area contributed by atoms with E-state index in [1.165, 1.54) is 0 Å². The molecule has 2 rings (SSSR count). The Kier molecular flexibility index (Phi) is 9.34. The minimum atomic E-state index is 0. The number of nitrogens with zero attached hydrogens (tertiary/aromatic N) is 3. The summed E-state index contributed by atoms with van der Waals surface area (Å²) in [6.07, 6.45) is 0. The summed E-state index contributed by atoms with van der Waals surface area (Å²) in [7, 11) is 1.63. The Morgan fingerprint density at radius 1 is 1.28 bits per heavy atom. The molecular formula is C17H26ClIN4O2. The number of carbonyl (C=O) groups is 1. The zero-order valence-corrected chi connectivity index (χ0v) is 18.0. The Bertz CT molecular complexity index is 604. The third-order valence-corrected chi connectivity index (χ3v) is 4.24. The van der Waals surface area contributed by atoms with E-state index >= 15 is 0 Å². The van der Waals surface area contributed by atoms with Gasteiger partial charge in [0.15, 0.2) is 5.96 Å². The molecule has 1 aliphatic rings. The molecule has 8 heteroatoms. The first-order valence-electron chi connectivity index (χ1n) is 8.16. The smallest absolute Gasteiger partial charge is 0.219 e. The summed E-state index contributed by atoms with van der Waals surface area (Å²) in [4.78, 5) is 20.2. The van der Waals surface area contributed by atoms with E-state index in [4.69, 9.17) is 21.3 Å². The first-order chi connectivity index (χ1) is 11.5. The van der Waals surface area contributed by atoms with Gasteiger partial charge in [-0.05, 0) is 19.1 Å². The molecule has 1 aromatic rings. The molecule has 0 spiro atoms. The average molecular weight is 481 g/mol. The molecule has 0 saturated carbocycles. The van der Waals surface area contributed by atoms with Crippen LogP contribution in [0.25, 0.3) is 0 Å². The number of piperazine rings is 1. The average Bonchev–Trinajstić information content (AvgIpc) is 2.59. The zero-order chi connectivity index (χ0) is 17.5. The van der Waals surface area contributed by atoms with Gasteiger partial charge in [0, 0.05) is 50.2 Å². The van der Waals surface area contributed by atoms with E-state index in [1.54, 1.807) is 20.1 Å². The Morgan fingerprint density at radius 3 is 2.48 bits per heavy atom. The van der Waals surface area contributed by atoms with E-state index in [0.29, 0.717) is 11.6 Å². The maximum absolute atomic E-state index is 11.4. The normalized spacial score (nSPS) is 14.8. The van der Waals surface area contributed by atoms with Crippen LogP contribution >= 0.6 is 35.6 Å². The highest BCUT2D eigenvalue weighted by Crippen LogP contribution is 2.23. The number of halogens is 2. The third kappa shape index (κ3) is 6.22. The van der Waals surface area contributed by atoms with Crippen LogP contribution in [0.15, 0.2) is 23.2 Å². The molecule has 1 saturated heterocycles. The number of benzene rings is 1. The van der Waals surface area contributed by atoms with Crippen LogP contribution in [-0.4, -0.2) is 61.5 Å². The molecule has 25 heavy (non-hydrogen) atoms. The Labute approximate surface area is 171 Å². The largest absolute Gasteiger partial charge is 0.496 e. The lowest BCUT2D eigenvalue weighted by atomic mass is 10.2. The summed E-state index contributed by atoms with van der Waals surface area (Å²) in [6, 6.07) is 5.57. The van der Waals surface area contributed by atoms with Gasteiger partial charge in [-0.2, -0.15) is 0 Å². The molecule has 0 unspecified atom stereocenters. The molecule has 140 valence electrons. The van der Waals surface area contributed by atoms with Crippen molar-refractivity contribution in [3.05, 3.63) is 28.8 Å². The second-order valence-electron chi connectivity index (χ2n) is 5.62. The second kappa shape index (κ2) is 10.7. The number of hydrogen-bond acceptors (Lipinski definition) is 3. The number of ether oxygens (including phenoxy) is 1. The maximum atomic E-state index is 11.4. The molecule has 6 nitrogen and oxygen atoms in total. The quantitative estimate of drug-likeness (QED) is 0.409. The second-order valence-corrected chi connectivity index (χ2v) is 6.06. The van der Waals surface area contributed by atoms with Crippen LogP contribution in [0, 0.1) is 0 Å². The number of carbonyl (C=O) groups excluding carboxylic acids is 1. The van der Waals surface area contributed by atoms with Crippen LogP contribution < -0.4 is 10.1 Å². The first-order valence-corrected chi connectivity index (χ1v) is 8.54. The van der Waals surface area contributed by atoms with Crippen molar-refractivity contribution in [3.8, 4) is 5.75 Å². The monoisotopic (exact) mass is 480 g/mol. The van der Waals surface area contributed by atoms with Crippen molar-refractivity contribution in [3.63, 3.8) is 0 Å². The van der Waals surface area contributed by atoms with Gasteiger partial charge in [-0.1, -0.05) is 17.7 Å². The summed E-state index contributed by atoms with van der Waals surface area (Å²) in [6.45, 7) is 7.98. The molecule has 1 heterocycles. The van der Waals surface area contributed by atoms with Crippen molar-refractivity contribution in [2.45, 2.75) is 20.4 Å². The van der Waals surface area contributed by atoms with Crippen molar-refractivity contribution in [1.82, 2.24) is 15.1 Å². The highest BCUT2D eigenvalue weighted by molar-refractivity contribution is 14.0. The molecule has 0 bridgehead atoms. The molecule has 1 aromatic carbocycles. The summed E-state index contributed by atoms with van der Waals surface area (Å²) in [5, 5.41) is 3.97. The van der Waals surface area contributed by atoms with Crippen molar-refractivity contribution in [2.75, 3.05) is 39.8 Å². The highest BCUT2D eigenvalue weighted by Gasteiger charge is 2.20. The molecule has 0 radical (unpaired) electrons. The van der Waals surface area contributed by atoms with Gasteiger partial charge in [-0.3, -0.25) is 4.79 Å². The fraction of sp³-hybridized carbons (Fsp3) is 0.529. The summed E-state index contributed by atoms with van der Waals surface area (Å²) < 4.78 is 5.37. The van der Waals surface area contributed by atoms with Crippen LogP contribution in [0.1, 0.15) is 19.4 Å². The van der Waals surface area contributed by atoms with E-state index in [0.717, 1.165) is 50.0 Å². The van der Waals surface area contributed by atoms with E-state index in [-0.39, 0.29) is 29.9 Å². The van der Waals surface area contributed by atoms with E-state index < -0.39 is 0 Å². The van der Waals surface area contributed by atoms with E-state index in [1.807, 2.05) is 24.0 Å². The van der Waals surface area contributed by atoms with E-state index in [9.17, 15) is 4.79 Å². The molecule has 0 atom stereocenters. The standard InChI is InChI=1S/C17H25ClN4O2.HI/c1-4-19-17(22-9-7-21(8-10-22)13(2)23)20-12-14-5-6-15(18)11-16(14)24-3;/h5-6,11H,4,7-10,12H2,1-3H3,(H,19,20);1H. The zero-order valence-electron chi connectivity index (χ0n) is 14.9. The molecule has 1 aliphatic heterocycles. The van der Waals surface area contributed by atoms with Gasteiger partial charge in [0.2, 0.25) is 5.91 Å². The summed E-state index contributed by atoms with van der Waals surface area (Å²) >= 11 is 6.00. The maximum Gasteiger partial charge on any atom is 0.219 e. The van der Waals surface area contributed by atoms with Crippen LogP contribution in [0.3, 0.4) is 0 Å². The minimum absolute atomic E-state index is 0. The summed E-state index contributed by atoms with van der Waals surface area (Å²) in [5.41, 5.74) is 0.986. The number of hydrogen-bond donors (Lipinski definition) is 1. The third-order valence-electron chi connectivity index (χ3n) is 4.01. The van der Waals surface area contributed by atoms with Crippen LogP contribution in [0.4, 0.5) is 0 Å². The molecule has 1 amide bonds. The van der Waals surface area contributed by atoms with Gasteiger partial charge >= 0.3 is 0 Å². The SMILES string of the molecule is CCNC(=NCc1ccc(Cl)cc1OC)N1CCN(C(C)=O)CC1.I. The Hall–Kier alpha value is -1.22. The van der Waals surface area contributed by atoms with Crippen LogP contribution in [0.5, 0.6) is 5.75 Å². The Morgan fingerprint density at radius 2 is 1.92 bits per heavy atom. The van der Waals surface area contributed by atoms with Crippen molar-refractivity contribution in [2.24, 2.45) is 4.99 Å². The van der Waals surface area contributed by atoms with Crippen molar-refractivity contribution >= 4 is 47.4 Å². The number of methoxy groups -OCH3 is 1. The predicted molar refractivity (Wildman–Crippen MR) is 112 cm³/mol. The molecular weight excluding hydrogens is 455 g/mol. The number of nitrogens with one attached hydrogen (secondary N) is 1. The number of guanidine groups is 1. The van der Waals surface area contributed by atoms with Crippen molar-refractivity contribution in [1.29, 1.82) is 0 Å². The first kappa shape index (κ1) is 21.8. The topological polar surface area (TPSA) is 57.2 Å². The van der Waals surface area contributed by atoms with Crippen LogP contribution in [0.2, 0.25) is 5.02 Å². The van der Waals surface area contributed by atoms with Gasteiger partial charge in [-0.15, -0.1) is 24.0 Å².